The molecule has 2 aromatic heterocycles. The summed E-state index contributed by atoms with van der Waals surface area (Å²) in [6.07, 6.45) is 4.92. The van der Waals surface area contributed by atoms with Crippen molar-refractivity contribution in [2.24, 2.45) is 5.92 Å². The Bertz CT molecular complexity index is 1580. The van der Waals surface area contributed by atoms with Gasteiger partial charge >= 0.3 is 0 Å². The smallest absolute Gasteiger partial charge is 0.258 e. The number of pyridine rings is 1. The third-order valence-electron chi connectivity index (χ3n) is 7.84. The topological polar surface area (TPSA) is 102 Å². The number of ether oxygens (including phenoxy) is 1. The van der Waals surface area contributed by atoms with Crippen molar-refractivity contribution in [3.63, 3.8) is 0 Å². The van der Waals surface area contributed by atoms with Gasteiger partial charge in [-0.15, -0.1) is 0 Å². The fraction of sp³-hybridized carbons (Fsp3) is 0.367. The van der Waals surface area contributed by atoms with E-state index in [2.05, 4.69) is 22.0 Å². The number of hydrogen-bond acceptors (Lipinski definition) is 7. The number of rotatable bonds is 7. The third kappa shape index (κ3) is 4.73. The lowest BCUT2D eigenvalue weighted by atomic mass is 10.1. The van der Waals surface area contributed by atoms with E-state index in [1.807, 2.05) is 58.3 Å². The van der Waals surface area contributed by atoms with Gasteiger partial charge in [0.2, 0.25) is 11.8 Å². The van der Waals surface area contributed by atoms with Crippen molar-refractivity contribution in [3.05, 3.63) is 66.1 Å². The highest BCUT2D eigenvalue weighted by Crippen LogP contribution is 2.37. The molecule has 2 amide bonds. The molecule has 4 aromatic rings. The molecule has 7 rings (SSSR count). The van der Waals surface area contributed by atoms with E-state index in [4.69, 9.17) is 9.26 Å². The van der Waals surface area contributed by atoms with Crippen molar-refractivity contribution in [3.8, 4) is 23.0 Å². The fourth-order valence-corrected chi connectivity index (χ4v) is 5.65. The van der Waals surface area contributed by atoms with E-state index in [-0.39, 0.29) is 17.7 Å². The quantitative estimate of drug-likeness (QED) is 0.339. The molecule has 9 nitrogen and oxygen atoms in total. The molecule has 2 aliphatic heterocycles. The van der Waals surface area contributed by atoms with Gasteiger partial charge in [0.25, 0.3) is 5.89 Å². The molecule has 39 heavy (non-hydrogen) atoms. The van der Waals surface area contributed by atoms with Crippen LogP contribution in [-0.4, -0.2) is 55.9 Å². The third-order valence-corrected chi connectivity index (χ3v) is 7.84. The maximum Gasteiger partial charge on any atom is 0.258 e. The van der Waals surface area contributed by atoms with Crippen LogP contribution in [-0.2, 0) is 16.1 Å². The lowest BCUT2D eigenvalue weighted by Crippen LogP contribution is -2.27. The summed E-state index contributed by atoms with van der Waals surface area (Å²) in [6.45, 7) is 3.93. The van der Waals surface area contributed by atoms with E-state index >= 15 is 0 Å². The summed E-state index contributed by atoms with van der Waals surface area (Å²) in [4.78, 5) is 37.9. The van der Waals surface area contributed by atoms with Gasteiger partial charge < -0.3 is 19.1 Å². The Morgan fingerprint density at radius 1 is 1.03 bits per heavy atom. The number of fused-ring (bicyclic) bond motifs is 1. The van der Waals surface area contributed by atoms with Gasteiger partial charge in [-0.05, 0) is 55.2 Å². The zero-order valence-corrected chi connectivity index (χ0v) is 21.7. The first-order valence-electron chi connectivity index (χ1n) is 13.6. The van der Waals surface area contributed by atoms with Crippen LogP contribution in [0.25, 0.3) is 22.4 Å². The molecule has 2 atom stereocenters. The van der Waals surface area contributed by atoms with Crippen LogP contribution in [0.15, 0.2) is 59.3 Å². The number of nitrogens with zero attached hydrogens (tertiary/aromatic N) is 5. The molecule has 198 valence electrons. The van der Waals surface area contributed by atoms with Crippen LogP contribution >= 0.6 is 0 Å². The van der Waals surface area contributed by atoms with Gasteiger partial charge in [0.1, 0.15) is 11.5 Å². The lowest BCUT2D eigenvalue weighted by Gasteiger charge is -2.19. The van der Waals surface area contributed by atoms with Crippen LogP contribution in [0.3, 0.4) is 0 Å². The predicted octanol–water partition coefficient (Wildman–Crippen LogP) is 4.92. The number of carbonyl (C=O) groups is 2. The molecular formula is C30H29N5O4. The minimum absolute atomic E-state index is 0.0556. The molecule has 4 heterocycles. The van der Waals surface area contributed by atoms with Crippen LogP contribution in [0.5, 0.6) is 11.5 Å². The highest BCUT2D eigenvalue weighted by molar-refractivity contribution is 5.81. The Morgan fingerprint density at radius 3 is 2.74 bits per heavy atom. The van der Waals surface area contributed by atoms with Gasteiger partial charge in [0, 0.05) is 67.1 Å². The molecule has 1 aliphatic carbocycles. The predicted molar refractivity (Wildman–Crippen MR) is 143 cm³/mol. The summed E-state index contributed by atoms with van der Waals surface area (Å²) >= 11 is 0. The average Bonchev–Trinajstić information content (AvgIpc) is 3.37. The van der Waals surface area contributed by atoms with Gasteiger partial charge in [0.05, 0.1) is 5.52 Å². The van der Waals surface area contributed by atoms with Crippen molar-refractivity contribution in [1.29, 1.82) is 0 Å². The minimum Gasteiger partial charge on any atom is -0.457 e. The lowest BCUT2D eigenvalue weighted by molar-refractivity contribution is -0.129. The van der Waals surface area contributed by atoms with Gasteiger partial charge in [-0.2, -0.15) is 4.98 Å². The second-order valence-corrected chi connectivity index (χ2v) is 11.0. The molecule has 2 unspecified atom stereocenters. The second-order valence-electron chi connectivity index (χ2n) is 11.0. The van der Waals surface area contributed by atoms with Gasteiger partial charge in [-0.3, -0.25) is 14.6 Å². The molecule has 0 N–H and O–H groups in total. The number of amides is 2. The summed E-state index contributed by atoms with van der Waals surface area (Å²) in [6, 6.07) is 15.8. The number of likely N-dealkylation sites (tertiary alicyclic amines) is 2. The maximum absolute atomic E-state index is 12.5. The molecule has 0 spiro atoms. The SMILES string of the molecule is CC1CC(=O)N(Cc2ccc(-c3nc(C4CC(=O)N(C5CC5)C4)no3)cc2Oc2ccc3ncccc3c2)C1. The number of carbonyl (C=O) groups excluding carboxylic acids is 2. The summed E-state index contributed by atoms with van der Waals surface area (Å²) in [5, 5.41) is 5.21. The van der Waals surface area contributed by atoms with Crippen molar-refractivity contribution in [2.45, 2.75) is 51.1 Å². The number of benzene rings is 2. The van der Waals surface area contributed by atoms with E-state index in [0.717, 1.165) is 41.4 Å². The van der Waals surface area contributed by atoms with Crippen LogP contribution in [0.1, 0.15) is 49.9 Å². The summed E-state index contributed by atoms with van der Waals surface area (Å²) in [5.74, 6) is 2.85. The first-order valence-corrected chi connectivity index (χ1v) is 13.6. The molecular weight excluding hydrogens is 494 g/mol. The Kier molecular flexibility index (Phi) is 5.79. The first kappa shape index (κ1) is 23.8. The normalized spacial score (nSPS) is 21.4. The molecule has 2 saturated heterocycles. The Labute approximate surface area is 225 Å². The van der Waals surface area contributed by atoms with E-state index < -0.39 is 0 Å². The Balaban J connectivity index is 1.19. The summed E-state index contributed by atoms with van der Waals surface area (Å²) < 4.78 is 12.1. The van der Waals surface area contributed by atoms with Crippen molar-refractivity contribution in [1.82, 2.24) is 24.9 Å². The van der Waals surface area contributed by atoms with E-state index in [9.17, 15) is 9.59 Å². The Morgan fingerprint density at radius 2 is 1.92 bits per heavy atom. The molecule has 3 fully saturated rings. The summed E-state index contributed by atoms with van der Waals surface area (Å²) in [7, 11) is 0. The van der Waals surface area contributed by atoms with Crippen LogP contribution < -0.4 is 4.74 Å². The van der Waals surface area contributed by atoms with E-state index in [1.165, 1.54) is 0 Å². The van der Waals surface area contributed by atoms with Gasteiger partial charge in [-0.25, -0.2) is 0 Å². The highest BCUT2D eigenvalue weighted by Gasteiger charge is 2.41. The van der Waals surface area contributed by atoms with Gasteiger partial charge in [0.15, 0.2) is 5.82 Å². The number of aromatic nitrogens is 3. The van der Waals surface area contributed by atoms with Crippen LogP contribution in [0, 0.1) is 5.92 Å². The zero-order chi connectivity index (χ0) is 26.5. The maximum atomic E-state index is 12.5. The van der Waals surface area contributed by atoms with Gasteiger partial charge in [-0.1, -0.05) is 24.2 Å². The molecule has 9 heteroatoms. The molecule has 1 saturated carbocycles. The van der Waals surface area contributed by atoms with Crippen molar-refractivity contribution < 1.29 is 18.8 Å². The molecule has 0 bridgehead atoms. The molecule has 2 aromatic carbocycles. The second kappa shape index (κ2) is 9.48. The standard InChI is InChI=1S/C30H29N5O4/c1-18-11-27(36)34(15-18)16-21-5-4-20(13-26(21)38-24-8-9-25-19(12-24)3-2-10-31-25)30-32-29(33-39-30)22-14-28(37)35(17-22)23-6-7-23/h2-5,8-10,12-13,18,22-23H,6-7,11,14-17H2,1H3. The van der Waals surface area contributed by atoms with E-state index in [1.54, 1.807) is 6.20 Å². The van der Waals surface area contributed by atoms with Crippen molar-refractivity contribution >= 4 is 22.7 Å². The molecule has 0 radical (unpaired) electrons. The zero-order valence-electron chi connectivity index (χ0n) is 21.7. The average molecular weight is 524 g/mol. The van der Waals surface area contributed by atoms with Crippen LogP contribution in [0.4, 0.5) is 0 Å². The number of hydrogen-bond donors (Lipinski definition) is 0. The van der Waals surface area contributed by atoms with Crippen LogP contribution in [0.2, 0.25) is 0 Å². The van der Waals surface area contributed by atoms with Crippen molar-refractivity contribution in [2.75, 3.05) is 13.1 Å². The minimum atomic E-state index is -0.0556. The monoisotopic (exact) mass is 523 g/mol. The largest absolute Gasteiger partial charge is 0.457 e. The molecule has 3 aliphatic rings. The Hall–Kier alpha value is -4.27. The summed E-state index contributed by atoms with van der Waals surface area (Å²) in [5.41, 5.74) is 2.51. The van der Waals surface area contributed by atoms with E-state index in [0.29, 0.717) is 61.1 Å². The first-order chi connectivity index (χ1) is 19.0. The fourth-order valence-electron chi connectivity index (χ4n) is 5.65. The highest BCUT2D eigenvalue weighted by atomic mass is 16.5.